The summed E-state index contributed by atoms with van der Waals surface area (Å²) in [6.45, 7) is 9.47. The van der Waals surface area contributed by atoms with Gasteiger partial charge in [-0.15, -0.1) is 0 Å². The lowest BCUT2D eigenvalue weighted by Gasteiger charge is -2.40. The molecule has 0 aliphatic carbocycles. The first kappa shape index (κ1) is 15.6. The number of rotatable bonds is 5. The molecule has 1 saturated heterocycles. The molecule has 3 nitrogen and oxygen atoms in total. The Bertz CT molecular complexity index is 436. The average molecular weight is 296 g/mol. The van der Waals surface area contributed by atoms with Crippen molar-refractivity contribution in [1.82, 2.24) is 10.2 Å². The number of piperazine rings is 1. The summed E-state index contributed by atoms with van der Waals surface area (Å²) in [6.07, 6.45) is 1.19. The second kappa shape index (κ2) is 7.30. The Morgan fingerprint density at radius 3 is 2.75 bits per heavy atom. The number of hydrogen-bond acceptors (Lipinski definition) is 3. The molecule has 2 rings (SSSR count). The summed E-state index contributed by atoms with van der Waals surface area (Å²) in [5, 5.41) is 4.19. The molecule has 1 heterocycles. The van der Waals surface area contributed by atoms with Crippen molar-refractivity contribution in [2.24, 2.45) is 0 Å². The third-order valence-electron chi connectivity index (χ3n) is 4.22. The van der Waals surface area contributed by atoms with Crippen LogP contribution in [0.15, 0.2) is 18.2 Å². The molecule has 20 heavy (non-hydrogen) atoms. The van der Waals surface area contributed by atoms with Gasteiger partial charge in [0, 0.05) is 42.9 Å². The van der Waals surface area contributed by atoms with Gasteiger partial charge in [0.15, 0.2) is 0 Å². The van der Waals surface area contributed by atoms with Gasteiger partial charge in [-0.1, -0.05) is 31.5 Å². The Kier molecular flexibility index (Phi) is 5.70. The zero-order chi connectivity index (χ0) is 14.5. The van der Waals surface area contributed by atoms with Crippen LogP contribution in [0.4, 0.5) is 5.69 Å². The molecule has 1 fully saturated rings. The Hall–Kier alpha value is -0.770. The summed E-state index contributed by atoms with van der Waals surface area (Å²) >= 11 is 6.41. The second-order valence-electron chi connectivity index (χ2n) is 5.54. The Labute approximate surface area is 127 Å². The van der Waals surface area contributed by atoms with E-state index < -0.39 is 0 Å². The first-order valence-electron chi connectivity index (χ1n) is 7.60. The van der Waals surface area contributed by atoms with Crippen LogP contribution in [0.25, 0.3) is 0 Å². The molecular formula is C16H26ClN3. The van der Waals surface area contributed by atoms with Crippen LogP contribution in [-0.2, 0) is 6.54 Å². The number of anilines is 1. The maximum atomic E-state index is 6.41. The Morgan fingerprint density at radius 2 is 2.10 bits per heavy atom. The van der Waals surface area contributed by atoms with E-state index in [0.29, 0.717) is 6.04 Å². The largest absolute Gasteiger partial charge is 0.369 e. The van der Waals surface area contributed by atoms with Crippen LogP contribution in [0, 0.1) is 0 Å². The molecular weight excluding hydrogens is 270 g/mol. The molecule has 0 saturated carbocycles. The van der Waals surface area contributed by atoms with Gasteiger partial charge in [-0.25, -0.2) is 0 Å². The zero-order valence-electron chi connectivity index (χ0n) is 12.8. The van der Waals surface area contributed by atoms with Crippen molar-refractivity contribution in [2.75, 3.05) is 38.1 Å². The fraction of sp³-hybridized carbons (Fsp3) is 0.625. The molecule has 1 atom stereocenters. The van der Waals surface area contributed by atoms with Crippen molar-refractivity contribution < 1.29 is 0 Å². The highest BCUT2D eigenvalue weighted by molar-refractivity contribution is 6.31. The van der Waals surface area contributed by atoms with Crippen molar-refractivity contribution in [3.63, 3.8) is 0 Å². The minimum Gasteiger partial charge on any atom is -0.369 e. The molecule has 1 aromatic carbocycles. The molecule has 1 aliphatic heterocycles. The number of nitrogens with zero attached hydrogens (tertiary/aromatic N) is 2. The topological polar surface area (TPSA) is 18.5 Å². The molecule has 0 aromatic heterocycles. The quantitative estimate of drug-likeness (QED) is 0.901. The monoisotopic (exact) mass is 295 g/mol. The summed E-state index contributed by atoms with van der Waals surface area (Å²) in [5.74, 6) is 0. The second-order valence-corrected chi connectivity index (χ2v) is 5.95. The molecule has 0 radical (unpaired) electrons. The summed E-state index contributed by atoms with van der Waals surface area (Å²) < 4.78 is 0. The fourth-order valence-corrected chi connectivity index (χ4v) is 3.00. The predicted octanol–water partition coefficient (Wildman–Crippen LogP) is 2.98. The third-order valence-corrected chi connectivity index (χ3v) is 4.57. The molecule has 112 valence electrons. The summed E-state index contributed by atoms with van der Waals surface area (Å²) in [5.41, 5.74) is 2.43. The van der Waals surface area contributed by atoms with Crippen molar-refractivity contribution in [1.29, 1.82) is 0 Å². The highest BCUT2D eigenvalue weighted by Gasteiger charge is 2.23. The van der Waals surface area contributed by atoms with Gasteiger partial charge in [0.05, 0.1) is 0 Å². The van der Waals surface area contributed by atoms with Gasteiger partial charge in [-0.2, -0.15) is 0 Å². The van der Waals surface area contributed by atoms with Gasteiger partial charge in [0.25, 0.3) is 0 Å². The number of nitrogens with one attached hydrogen (secondary N) is 1. The van der Waals surface area contributed by atoms with Gasteiger partial charge >= 0.3 is 0 Å². The normalized spacial score (nSPS) is 20.4. The standard InChI is InChI=1S/C16H26ClN3/c1-4-14-12-20(9-8-19(14)3)15-7-6-13(11-18-5-2)16(17)10-15/h6-7,10,14,18H,4-5,8-9,11-12H2,1-3H3. The highest BCUT2D eigenvalue weighted by Crippen LogP contribution is 2.26. The average Bonchev–Trinajstić information content (AvgIpc) is 2.46. The molecule has 1 N–H and O–H groups in total. The van der Waals surface area contributed by atoms with Gasteiger partial charge in [0.2, 0.25) is 0 Å². The fourth-order valence-electron chi connectivity index (χ4n) is 2.76. The van der Waals surface area contributed by atoms with Crippen LogP contribution in [0.2, 0.25) is 5.02 Å². The van der Waals surface area contributed by atoms with Crippen LogP contribution in [0.3, 0.4) is 0 Å². The van der Waals surface area contributed by atoms with Crippen molar-refractivity contribution in [3.8, 4) is 0 Å². The zero-order valence-corrected chi connectivity index (χ0v) is 13.6. The van der Waals surface area contributed by atoms with Crippen LogP contribution in [-0.4, -0.2) is 44.2 Å². The van der Waals surface area contributed by atoms with Crippen LogP contribution < -0.4 is 10.2 Å². The van der Waals surface area contributed by atoms with E-state index in [2.05, 4.69) is 54.2 Å². The first-order chi connectivity index (χ1) is 9.65. The molecule has 0 bridgehead atoms. The maximum absolute atomic E-state index is 6.41. The Balaban J connectivity index is 2.07. The van der Waals surface area contributed by atoms with E-state index in [9.17, 15) is 0 Å². The van der Waals surface area contributed by atoms with Crippen molar-refractivity contribution >= 4 is 17.3 Å². The Morgan fingerprint density at radius 1 is 1.30 bits per heavy atom. The van der Waals surface area contributed by atoms with Crippen molar-refractivity contribution in [2.45, 2.75) is 32.9 Å². The highest BCUT2D eigenvalue weighted by atomic mass is 35.5. The smallest absolute Gasteiger partial charge is 0.0471 e. The number of likely N-dealkylation sites (N-methyl/N-ethyl adjacent to an activating group) is 1. The van der Waals surface area contributed by atoms with Crippen molar-refractivity contribution in [3.05, 3.63) is 28.8 Å². The molecule has 1 aliphatic rings. The van der Waals surface area contributed by atoms with E-state index in [0.717, 1.165) is 37.7 Å². The minimum absolute atomic E-state index is 0.643. The van der Waals surface area contributed by atoms with Gasteiger partial charge < -0.3 is 10.2 Å². The van der Waals surface area contributed by atoms with Crippen LogP contribution in [0.1, 0.15) is 25.8 Å². The molecule has 0 spiro atoms. The summed E-state index contributed by atoms with van der Waals surface area (Å²) in [4.78, 5) is 4.91. The lowest BCUT2D eigenvalue weighted by atomic mass is 10.1. The molecule has 0 amide bonds. The van der Waals surface area contributed by atoms with E-state index in [-0.39, 0.29) is 0 Å². The number of hydrogen-bond donors (Lipinski definition) is 1. The summed E-state index contributed by atoms with van der Waals surface area (Å²) in [7, 11) is 2.22. The van der Waals surface area contributed by atoms with E-state index >= 15 is 0 Å². The lowest BCUT2D eigenvalue weighted by Crippen LogP contribution is -2.51. The summed E-state index contributed by atoms with van der Waals surface area (Å²) in [6, 6.07) is 7.12. The first-order valence-corrected chi connectivity index (χ1v) is 7.97. The van der Waals surface area contributed by atoms with E-state index in [1.54, 1.807) is 0 Å². The van der Waals surface area contributed by atoms with Gasteiger partial charge in [-0.3, -0.25) is 4.90 Å². The van der Waals surface area contributed by atoms with Crippen LogP contribution >= 0.6 is 11.6 Å². The SMILES string of the molecule is CCNCc1ccc(N2CCN(C)C(CC)C2)cc1Cl. The predicted molar refractivity (Wildman–Crippen MR) is 87.8 cm³/mol. The van der Waals surface area contributed by atoms with E-state index in [1.165, 1.54) is 17.7 Å². The van der Waals surface area contributed by atoms with E-state index in [1.807, 2.05) is 0 Å². The van der Waals surface area contributed by atoms with E-state index in [4.69, 9.17) is 11.6 Å². The number of halogens is 1. The molecule has 4 heteroatoms. The maximum Gasteiger partial charge on any atom is 0.0471 e. The van der Waals surface area contributed by atoms with Gasteiger partial charge in [-0.05, 0) is 37.7 Å². The van der Waals surface area contributed by atoms with Gasteiger partial charge in [0.1, 0.15) is 0 Å². The molecule has 1 unspecified atom stereocenters. The number of benzene rings is 1. The third kappa shape index (κ3) is 3.66. The van der Waals surface area contributed by atoms with Crippen LogP contribution in [0.5, 0.6) is 0 Å². The lowest BCUT2D eigenvalue weighted by molar-refractivity contribution is 0.213. The molecule has 1 aromatic rings. The minimum atomic E-state index is 0.643.